The van der Waals surface area contributed by atoms with Gasteiger partial charge in [-0.2, -0.15) is 13.2 Å². The third-order valence-corrected chi connectivity index (χ3v) is 6.84. The minimum Gasteiger partial charge on any atom is -0.460 e. The monoisotopic (exact) mass is 551 g/mol. The van der Waals surface area contributed by atoms with Gasteiger partial charge >= 0.3 is 18.2 Å². The zero-order valence-electron chi connectivity index (χ0n) is 20.0. The van der Waals surface area contributed by atoms with Gasteiger partial charge < -0.3 is 20.2 Å². The van der Waals surface area contributed by atoms with Crippen molar-refractivity contribution in [2.75, 3.05) is 18.1 Å². The van der Waals surface area contributed by atoms with Crippen LogP contribution < -0.4 is 16.2 Å². The number of alkyl halides is 3. The molecule has 3 N–H and O–H groups in total. The quantitative estimate of drug-likeness (QED) is 0.441. The first-order chi connectivity index (χ1) is 17.5. The number of nitrogens with zero attached hydrogens (tertiary/aromatic N) is 1. The van der Waals surface area contributed by atoms with Crippen molar-refractivity contribution in [3.8, 4) is 11.3 Å². The van der Waals surface area contributed by atoms with Gasteiger partial charge in [-0.1, -0.05) is 37.1 Å². The van der Waals surface area contributed by atoms with Crippen LogP contribution in [0.3, 0.4) is 0 Å². The number of cyclic esters (lactones) is 1. The normalized spacial score (nSPS) is 18.8. The molecule has 1 saturated heterocycles. The number of pyridine rings is 1. The van der Waals surface area contributed by atoms with Crippen LogP contribution in [0.1, 0.15) is 31.2 Å². The van der Waals surface area contributed by atoms with Gasteiger partial charge in [-0.3, -0.25) is 14.5 Å². The molecule has 1 aliphatic carbocycles. The highest BCUT2D eigenvalue weighted by Crippen LogP contribution is 2.37. The van der Waals surface area contributed by atoms with E-state index in [9.17, 15) is 27.6 Å². The standard InChI is InChI=1S/C26H24F3N3O5.ClH/c27-26(28,29)20-6-2-1-5-18(20)21-11-15-7-8-16(12-19(15)22(33)31-21)32-13-17(37-24(32)35)14-36-23(34)25(30)9-3-4-10-25;/h1-2,5-8,11-12,17H,3-4,9-10,13-14,30H2,(H,31,33);1H. The Bertz CT molecular complexity index is 1440. The van der Waals surface area contributed by atoms with Gasteiger partial charge in [-0.25, -0.2) is 4.79 Å². The SMILES string of the molecule is Cl.NC1(C(=O)OCC2CN(c3ccc4cc(-c5ccccc5C(F)(F)F)[nH]c(=O)c4c3)C(=O)O2)CCCC1. The average Bonchev–Trinajstić information content (AvgIpc) is 3.48. The number of anilines is 1. The van der Waals surface area contributed by atoms with Crippen LogP contribution in [0, 0.1) is 0 Å². The molecule has 1 amide bonds. The Morgan fingerprint density at radius 3 is 2.55 bits per heavy atom. The topological polar surface area (TPSA) is 115 Å². The second-order valence-corrected chi connectivity index (χ2v) is 9.41. The Labute approximate surface area is 221 Å². The first-order valence-electron chi connectivity index (χ1n) is 11.8. The number of aromatic amines is 1. The lowest BCUT2D eigenvalue weighted by molar-refractivity contribution is -0.152. The van der Waals surface area contributed by atoms with Gasteiger partial charge in [0, 0.05) is 22.3 Å². The third kappa shape index (κ3) is 5.21. The molecule has 202 valence electrons. The van der Waals surface area contributed by atoms with Crippen LogP contribution in [0.5, 0.6) is 0 Å². The van der Waals surface area contributed by atoms with Gasteiger partial charge in [-0.15, -0.1) is 12.4 Å². The number of aromatic nitrogens is 1. The lowest BCUT2D eigenvalue weighted by atomic mass is 10.00. The van der Waals surface area contributed by atoms with E-state index in [1.807, 2.05) is 0 Å². The maximum Gasteiger partial charge on any atom is 0.417 e. The van der Waals surface area contributed by atoms with Crippen molar-refractivity contribution in [1.29, 1.82) is 0 Å². The second kappa shape index (κ2) is 10.3. The highest BCUT2D eigenvalue weighted by molar-refractivity contribution is 5.95. The first-order valence-corrected chi connectivity index (χ1v) is 11.8. The van der Waals surface area contributed by atoms with Gasteiger partial charge in [0.15, 0.2) is 6.10 Å². The molecule has 2 aromatic carbocycles. The number of hydrogen-bond acceptors (Lipinski definition) is 6. The van der Waals surface area contributed by atoms with Gasteiger partial charge in [0.05, 0.1) is 12.1 Å². The minimum atomic E-state index is -4.59. The summed E-state index contributed by atoms with van der Waals surface area (Å²) < 4.78 is 51.0. The van der Waals surface area contributed by atoms with Gasteiger partial charge in [0.1, 0.15) is 12.1 Å². The van der Waals surface area contributed by atoms with Gasteiger partial charge in [0.25, 0.3) is 5.56 Å². The molecular formula is C26H25ClF3N3O5. The number of fused-ring (bicyclic) bond motifs is 1. The predicted octanol–water partition coefficient (Wildman–Crippen LogP) is 4.78. The number of nitrogens with two attached hydrogens (primary N) is 1. The van der Waals surface area contributed by atoms with Crippen LogP contribution in [0.25, 0.3) is 22.0 Å². The number of carbonyl (C=O) groups is 2. The van der Waals surface area contributed by atoms with Crippen molar-refractivity contribution < 1.29 is 32.2 Å². The van der Waals surface area contributed by atoms with E-state index in [0.29, 0.717) is 23.9 Å². The van der Waals surface area contributed by atoms with E-state index < -0.39 is 41.0 Å². The highest BCUT2D eigenvalue weighted by atomic mass is 35.5. The van der Waals surface area contributed by atoms with Crippen LogP contribution >= 0.6 is 12.4 Å². The van der Waals surface area contributed by atoms with E-state index in [1.165, 1.54) is 35.2 Å². The van der Waals surface area contributed by atoms with Crippen molar-refractivity contribution in [3.63, 3.8) is 0 Å². The van der Waals surface area contributed by atoms with E-state index in [-0.39, 0.29) is 42.2 Å². The Morgan fingerprint density at radius 1 is 1.13 bits per heavy atom. The Kier molecular flexibility index (Phi) is 7.44. The van der Waals surface area contributed by atoms with Crippen molar-refractivity contribution in [3.05, 3.63) is 64.4 Å². The first kappa shape index (κ1) is 27.5. The molecule has 2 aliphatic rings. The lowest BCUT2D eigenvalue weighted by Gasteiger charge is -2.21. The van der Waals surface area contributed by atoms with Crippen molar-refractivity contribution in [2.24, 2.45) is 5.73 Å². The summed E-state index contributed by atoms with van der Waals surface area (Å²) in [7, 11) is 0. The maximum atomic E-state index is 13.5. The Balaban J connectivity index is 0.00000336. The summed E-state index contributed by atoms with van der Waals surface area (Å²) in [5.41, 5.74) is 3.89. The van der Waals surface area contributed by atoms with Gasteiger partial charge in [-0.05, 0) is 42.5 Å². The van der Waals surface area contributed by atoms with Crippen LogP contribution in [-0.2, 0) is 20.4 Å². The van der Waals surface area contributed by atoms with E-state index in [2.05, 4.69) is 4.98 Å². The molecule has 1 aliphatic heterocycles. The predicted molar refractivity (Wildman–Crippen MR) is 136 cm³/mol. The van der Waals surface area contributed by atoms with E-state index in [1.54, 1.807) is 12.1 Å². The molecule has 0 bridgehead atoms. The largest absolute Gasteiger partial charge is 0.460 e. The van der Waals surface area contributed by atoms with Gasteiger partial charge in [0.2, 0.25) is 0 Å². The van der Waals surface area contributed by atoms with E-state index in [4.69, 9.17) is 15.2 Å². The molecule has 12 heteroatoms. The summed E-state index contributed by atoms with van der Waals surface area (Å²) in [6.45, 7) is -0.0553. The summed E-state index contributed by atoms with van der Waals surface area (Å²) in [6.07, 6.45) is -3.15. The smallest absolute Gasteiger partial charge is 0.417 e. The molecule has 0 spiro atoms. The molecule has 1 atom stereocenters. The molecule has 8 nitrogen and oxygen atoms in total. The fraction of sp³-hybridized carbons (Fsp3) is 0.346. The molecular weight excluding hydrogens is 527 g/mol. The van der Waals surface area contributed by atoms with Crippen LogP contribution in [0.4, 0.5) is 23.7 Å². The summed E-state index contributed by atoms with van der Waals surface area (Å²) in [5, 5.41) is 0.599. The average molecular weight is 552 g/mol. The number of esters is 1. The number of halogens is 4. The number of nitrogens with one attached hydrogen (secondary N) is 1. The van der Waals surface area contributed by atoms with Crippen LogP contribution in [0.15, 0.2) is 53.3 Å². The molecule has 3 aromatic rings. The number of hydrogen-bond donors (Lipinski definition) is 2. The number of carbonyl (C=O) groups excluding carboxylic acids is 2. The number of benzene rings is 2. The number of rotatable bonds is 5. The zero-order valence-corrected chi connectivity index (χ0v) is 20.9. The fourth-order valence-electron chi connectivity index (χ4n) is 4.87. The van der Waals surface area contributed by atoms with Crippen LogP contribution in [0.2, 0.25) is 0 Å². The Hall–Kier alpha value is -3.57. The van der Waals surface area contributed by atoms with Crippen molar-refractivity contribution in [1.82, 2.24) is 4.98 Å². The van der Waals surface area contributed by atoms with Crippen molar-refractivity contribution >= 4 is 40.9 Å². The molecule has 1 unspecified atom stereocenters. The summed E-state index contributed by atoms with van der Waals surface area (Å²) in [4.78, 5) is 41.5. The molecule has 2 fully saturated rings. The van der Waals surface area contributed by atoms with Crippen LogP contribution in [-0.4, -0.2) is 41.8 Å². The number of ether oxygens (including phenoxy) is 2. The summed E-state index contributed by atoms with van der Waals surface area (Å²) in [6, 6.07) is 11.0. The lowest BCUT2D eigenvalue weighted by Crippen LogP contribution is -2.47. The zero-order chi connectivity index (χ0) is 26.4. The number of H-pyrrole nitrogens is 1. The summed E-state index contributed by atoms with van der Waals surface area (Å²) >= 11 is 0. The van der Waals surface area contributed by atoms with Crippen molar-refractivity contribution in [2.45, 2.75) is 43.5 Å². The minimum absolute atomic E-state index is 0. The van der Waals surface area contributed by atoms with E-state index in [0.717, 1.165) is 18.9 Å². The fourth-order valence-corrected chi connectivity index (χ4v) is 4.87. The molecule has 2 heterocycles. The van der Waals surface area contributed by atoms with E-state index >= 15 is 0 Å². The Morgan fingerprint density at radius 2 is 1.84 bits per heavy atom. The highest BCUT2D eigenvalue weighted by Gasteiger charge is 2.40. The number of amides is 1. The summed E-state index contributed by atoms with van der Waals surface area (Å²) in [5.74, 6) is -0.514. The molecule has 1 aromatic heterocycles. The molecule has 5 rings (SSSR count). The molecule has 38 heavy (non-hydrogen) atoms. The maximum absolute atomic E-state index is 13.5. The molecule has 0 radical (unpaired) electrons. The second-order valence-electron chi connectivity index (χ2n) is 9.41. The third-order valence-electron chi connectivity index (χ3n) is 6.84. The molecule has 1 saturated carbocycles.